The predicted molar refractivity (Wildman–Crippen MR) is 46.6 cm³/mol. The van der Waals surface area contributed by atoms with Crippen molar-refractivity contribution in [3.8, 4) is 11.4 Å². The third-order valence-corrected chi connectivity index (χ3v) is 2.14. The number of nitrogens with two attached hydrogens (primary N) is 1. The molecule has 2 aromatic rings. The number of thiophene rings is 1. The van der Waals surface area contributed by atoms with Crippen molar-refractivity contribution < 1.29 is 9.36 Å². The summed E-state index contributed by atoms with van der Waals surface area (Å²) in [5.74, 6) is 5.80. The van der Waals surface area contributed by atoms with E-state index in [1.165, 1.54) is 0 Å². The van der Waals surface area contributed by atoms with Crippen LogP contribution in [0.1, 0.15) is 5.89 Å². The second-order valence-corrected chi connectivity index (χ2v) is 3.11. The van der Waals surface area contributed by atoms with Gasteiger partial charge in [-0.15, -0.1) is 0 Å². The highest BCUT2D eigenvalue weighted by Crippen LogP contribution is 2.18. The van der Waals surface area contributed by atoms with Gasteiger partial charge in [0, 0.05) is 10.9 Å². The molecule has 2 rings (SSSR count). The molecule has 2 aromatic heterocycles. The van der Waals surface area contributed by atoms with Crippen LogP contribution in [0.3, 0.4) is 0 Å². The van der Waals surface area contributed by atoms with Crippen molar-refractivity contribution in [3.05, 3.63) is 22.7 Å². The third-order valence-electron chi connectivity index (χ3n) is 1.45. The van der Waals surface area contributed by atoms with Crippen LogP contribution in [0.4, 0.5) is 0 Å². The van der Waals surface area contributed by atoms with Gasteiger partial charge in [-0.1, -0.05) is 5.16 Å². The molecule has 6 heteroatoms. The summed E-state index contributed by atoms with van der Waals surface area (Å²) in [5, 5.41) is 7.65. The molecular formula is C7H7N3O2S. The number of aromatic nitrogens is 2. The van der Waals surface area contributed by atoms with Crippen LogP contribution in [0.15, 0.2) is 21.3 Å². The highest BCUT2D eigenvalue weighted by atomic mass is 32.1. The molecule has 5 nitrogen and oxygen atoms in total. The lowest BCUT2D eigenvalue weighted by Gasteiger charge is -1.86. The van der Waals surface area contributed by atoms with E-state index >= 15 is 0 Å². The largest absolute Gasteiger partial charge is 0.336 e. The maximum atomic E-state index is 4.87. The van der Waals surface area contributed by atoms with E-state index in [0.717, 1.165) is 5.56 Å². The molecule has 0 spiro atoms. The van der Waals surface area contributed by atoms with Crippen molar-refractivity contribution in [2.45, 2.75) is 6.61 Å². The summed E-state index contributed by atoms with van der Waals surface area (Å²) in [5.41, 5.74) is 0.942. The van der Waals surface area contributed by atoms with Crippen LogP contribution in [-0.2, 0) is 11.4 Å². The Kier molecular flexibility index (Phi) is 2.35. The first-order chi connectivity index (χ1) is 6.40. The number of hydrogen-bond acceptors (Lipinski definition) is 6. The SMILES string of the molecule is NOCc1nc(-c2ccsc2)no1. The molecule has 0 amide bonds. The van der Waals surface area contributed by atoms with Crippen LogP contribution in [0.5, 0.6) is 0 Å². The second kappa shape index (κ2) is 3.65. The Morgan fingerprint density at radius 2 is 2.54 bits per heavy atom. The normalized spacial score (nSPS) is 10.5. The van der Waals surface area contributed by atoms with Gasteiger partial charge < -0.3 is 4.52 Å². The van der Waals surface area contributed by atoms with Crippen LogP contribution < -0.4 is 5.90 Å². The van der Waals surface area contributed by atoms with Crippen molar-refractivity contribution in [3.63, 3.8) is 0 Å². The second-order valence-electron chi connectivity index (χ2n) is 2.33. The van der Waals surface area contributed by atoms with Gasteiger partial charge in [-0.3, -0.25) is 4.84 Å². The van der Waals surface area contributed by atoms with Gasteiger partial charge in [-0.25, -0.2) is 5.90 Å². The first-order valence-electron chi connectivity index (χ1n) is 3.57. The van der Waals surface area contributed by atoms with E-state index in [9.17, 15) is 0 Å². The van der Waals surface area contributed by atoms with E-state index in [0.29, 0.717) is 11.7 Å². The maximum absolute atomic E-state index is 4.87. The first kappa shape index (κ1) is 8.36. The average Bonchev–Trinajstić information content (AvgIpc) is 2.70. The van der Waals surface area contributed by atoms with Crippen molar-refractivity contribution in [2.75, 3.05) is 0 Å². The topological polar surface area (TPSA) is 74.2 Å². The van der Waals surface area contributed by atoms with Crippen LogP contribution in [0.2, 0.25) is 0 Å². The predicted octanol–water partition coefficient (Wildman–Crippen LogP) is 1.19. The quantitative estimate of drug-likeness (QED) is 0.748. The molecule has 0 fully saturated rings. The van der Waals surface area contributed by atoms with E-state index in [-0.39, 0.29) is 6.61 Å². The lowest BCUT2D eigenvalue weighted by molar-refractivity contribution is 0.0996. The monoisotopic (exact) mass is 197 g/mol. The van der Waals surface area contributed by atoms with Gasteiger partial charge in [0.1, 0.15) is 6.61 Å². The molecule has 68 valence electrons. The summed E-state index contributed by atoms with van der Waals surface area (Å²) < 4.78 is 4.87. The fourth-order valence-electron chi connectivity index (χ4n) is 0.894. The van der Waals surface area contributed by atoms with Gasteiger partial charge in [0.15, 0.2) is 0 Å². The Hall–Kier alpha value is -1.24. The van der Waals surface area contributed by atoms with Crippen LogP contribution in [-0.4, -0.2) is 10.1 Å². The third kappa shape index (κ3) is 1.74. The molecule has 0 saturated heterocycles. The van der Waals surface area contributed by atoms with Crippen LogP contribution in [0, 0.1) is 0 Å². The van der Waals surface area contributed by atoms with E-state index < -0.39 is 0 Å². The van der Waals surface area contributed by atoms with Crippen molar-refractivity contribution in [1.29, 1.82) is 0 Å². The molecule has 0 aliphatic carbocycles. The molecule has 0 bridgehead atoms. The Bertz CT molecular complexity index is 371. The minimum atomic E-state index is 0.136. The van der Waals surface area contributed by atoms with Crippen molar-refractivity contribution in [2.24, 2.45) is 5.90 Å². The van der Waals surface area contributed by atoms with Crippen molar-refractivity contribution in [1.82, 2.24) is 10.1 Å². The lowest BCUT2D eigenvalue weighted by atomic mass is 10.3. The summed E-state index contributed by atoms with van der Waals surface area (Å²) in [6.07, 6.45) is 0. The van der Waals surface area contributed by atoms with Crippen LogP contribution in [0.25, 0.3) is 11.4 Å². The lowest BCUT2D eigenvalue weighted by Crippen LogP contribution is -1.98. The summed E-state index contributed by atoms with van der Waals surface area (Å²) in [4.78, 5) is 8.43. The highest BCUT2D eigenvalue weighted by Gasteiger charge is 2.07. The fraction of sp³-hybridized carbons (Fsp3) is 0.143. The van der Waals surface area contributed by atoms with E-state index in [1.54, 1.807) is 11.3 Å². The Labute approximate surface area is 78.1 Å². The summed E-state index contributed by atoms with van der Waals surface area (Å²) >= 11 is 1.58. The minimum Gasteiger partial charge on any atom is -0.336 e. The molecule has 2 N–H and O–H groups in total. The highest BCUT2D eigenvalue weighted by molar-refractivity contribution is 7.08. The molecular weight excluding hydrogens is 190 g/mol. The minimum absolute atomic E-state index is 0.136. The Morgan fingerprint density at radius 1 is 1.62 bits per heavy atom. The van der Waals surface area contributed by atoms with Crippen LogP contribution >= 0.6 is 11.3 Å². The van der Waals surface area contributed by atoms with Gasteiger partial charge >= 0.3 is 0 Å². The van der Waals surface area contributed by atoms with Gasteiger partial charge in [0.25, 0.3) is 5.89 Å². The number of hydrogen-bond donors (Lipinski definition) is 1. The van der Waals surface area contributed by atoms with E-state index in [2.05, 4.69) is 15.0 Å². The molecule has 0 aliphatic heterocycles. The number of nitrogens with zero attached hydrogens (tertiary/aromatic N) is 2. The van der Waals surface area contributed by atoms with Gasteiger partial charge in [-0.2, -0.15) is 16.3 Å². The van der Waals surface area contributed by atoms with Crippen molar-refractivity contribution >= 4 is 11.3 Å². The summed E-state index contributed by atoms with van der Waals surface area (Å²) in [6, 6.07) is 1.92. The zero-order chi connectivity index (χ0) is 9.10. The number of rotatable bonds is 3. The van der Waals surface area contributed by atoms with Gasteiger partial charge in [0.2, 0.25) is 5.82 Å². The zero-order valence-electron chi connectivity index (χ0n) is 6.64. The molecule has 0 unspecified atom stereocenters. The van der Waals surface area contributed by atoms with E-state index in [1.807, 2.05) is 16.8 Å². The average molecular weight is 197 g/mol. The standard InChI is InChI=1S/C7H7N3O2S/c8-11-3-6-9-7(10-12-6)5-1-2-13-4-5/h1-2,4H,3,8H2. The smallest absolute Gasteiger partial charge is 0.255 e. The Morgan fingerprint density at radius 3 is 3.23 bits per heavy atom. The molecule has 2 heterocycles. The van der Waals surface area contributed by atoms with E-state index in [4.69, 9.17) is 10.4 Å². The molecule has 0 aliphatic rings. The molecule has 0 radical (unpaired) electrons. The fourth-order valence-corrected chi connectivity index (χ4v) is 1.53. The molecule has 13 heavy (non-hydrogen) atoms. The molecule has 0 atom stereocenters. The maximum Gasteiger partial charge on any atom is 0.255 e. The van der Waals surface area contributed by atoms with Gasteiger partial charge in [0.05, 0.1) is 0 Å². The summed E-state index contributed by atoms with van der Waals surface area (Å²) in [7, 11) is 0. The molecule has 0 aromatic carbocycles. The zero-order valence-corrected chi connectivity index (χ0v) is 7.45. The van der Waals surface area contributed by atoms with Gasteiger partial charge in [-0.05, 0) is 11.4 Å². The Balaban J connectivity index is 2.23. The molecule has 0 saturated carbocycles. The summed E-state index contributed by atoms with van der Waals surface area (Å²) in [6.45, 7) is 0.136. The first-order valence-corrected chi connectivity index (χ1v) is 4.51.